The first-order valence-corrected chi connectivity index (χ1v) is 8.94. The molecule has 0 aliphatic rings. The van der Waals surface area contributed by atoms with Crippen molar-refractivity contribution in [3.8, 4) is 0 Å². The molecule has 1 N–H and O–H groups in total. The summed E-state index contributed by atoms with van der Waals surface area (Å²) >= 11 is 6.88. The summed E-state index contributed by atoms with van der Waals surface area (Å²) in [6.45, 7) is -0.571. The minimum Gasteiger partial charge on any atom is -0.456 e. The van der Waals surface area contributed by atoms with E-state index in [4.69, 9.17) is 16.3 Å². The van der Waals surface area contributed by atoms with Gasteiger partial charge in [0, 0.05) is 6.42 Å². The minimum atomic E-state index is -0.712. The second kappa shape index (κ2) is 9.84. The highest BCUT2D eigenvalue weighted by Gasteiger charge is 2.14. The highest BCUT2D eigenvalue weighted by molar-refractivity contribution is 7.18. The van der Waals surface area contributed by atoms with Crippen LogP contribution in [0.4, 0.5) is 0 Å². The highest BCUT2D eigenvalue weighted by Crippen LogP contribution is 2.22. The molecule has 0 spiro atoms. The lowest BCUT2D eigenvalue weighted by atomic mass is 10.1. The second-order valence-electron chi connectivity index (χ2n) is 5.32. The van der Waals surface area contributed by atoms with Crippen molar-refractivity contribution >= 4 is 46.5 Å². The van der Waals surface area contributed by atoms with E-state index < -0.39 is 24.4 Å². The van der Waals surface area contributed by atoms with E-state index in [0.29, 0.717) is 9.21 Å². The fraction of sp³-hybridized carbons (Fsp3) is 0.222. The maximum absolute atomic E-state index is 11.8. The van der Waals surface area contributed by atoms with Gasteiger partial charge in [0.05, 0.1) is 22.1 Å². The van der Waals surface area contributed by atoms with Gasteiger partial charge in [0.1, 0.15) is 0 Å². The first kappa shape index (κ1) is 19.8. The predicted molar refractivity (Wildman–Crippen MR) is 97.1 cm³/mol. The Morgan fingerprint density at radius 2 is 1.69 bits per heavy atom. The topological polar surface area (TPSA) is 89.5 Å². The molecule has 0 aliphatic heterocycles. The van der Waals surface area contributed by atoms with Crippen molar-refractivity contribution in [1.82, 2.24) is 5.32 Å². The Labute approximate surface area is 159 Å². The number of amides is 2. The Balaban J connectivity index is 1.65. The summed E-state index contributed by atoms with van der Waals surface area (Å²) in [5.41, 5.74) is 0.766. The standard InChI is InChI=1S/C18H16ClNO5S/c19-15-8-7-14(26-15)13(21)6-9-18(24)25-11-17(23)20-16(22)10-12-4-2-1-3-5-12/h1-5,7-8H,6,9-11H2,(H,20,22,23). The van der Waals surface area contributed by atoms with Gasteiger partial charge in [-0.3, -0.25) is 24.5 Å². The van der Waals surface area contributed by atoms with Gasteiger partial charge >= 0.3 is 5.97 Å². The van der Waals surface area contributed by atoms with Crippen molar-refractivity contribution in [3.05, 3.63) is 57.2 Å². The smallest absolute Gasteiger partial charge is 0.306 e. The average molecular weight is 394 g/mol. The zero-order chi connectivity index (χ0) is 18.9. The van der Waals surface area contributed by atoms with E-state index in [9.17, 15) is 19.2 Å². The molecule has 1 aromatic carbocycles. The molecule has 0 radical (unpaired) electrons. The quantitative estimate of drug-likeness (QED) is 0.550. The number of ketones is 1. The van der Waals surface area contributed by atoms with Crippen molar-refractivity contribution in [2.24, 2.45) is 0 Å². The van der Waals surface area contributed by atoms with Gasteiger partial charge < -0.3 is 4.74 Å². The average Bonchev–Trinajstić information content (AvgIpc) is 3.05. The van der Waals surface area contributed by atoms with E-state index in [-0.39, 0.29) is 25.0 Å². The van der Waals surface area contributed by atoms with Crippen LogP contribution in [0.5, 0.6) is 0 Å². The fourth-order valence-corrected chi connectivity index (χ4v) is 3.05. The van der Waals surface area contributed by atoms with Gasteiger partial charge in [-0.15, -0.1) is 11.3 Å². The molecule has 0 bridgehead atoms. The maximum Gasteiger partial charge on any atom is 0.306 e. The van der Waals surface area contributed by atoms with Crippen LogP contribution in [-0.4, -0.2) is 30.2 Å². The molecule has 0 atom stereocenters. The summed E-state index contributed by atoms with van der Waals surface area (Å²) in [5.74, 6) is -2.11. The van der Waals surface area contributed by atoms with Crippen LogP contribution >= 0.6 is 22.9 Å². The van der Waals surface area contributed by atoms with Crippen LogP contribution in [0.15, 0.2) is 42.5 Å². The summed E-state index contributed by atoms with van der Waals surface area (Å²) in [6.07, 6.45) is -0.137. The first-order chi connectivity index (χ1) is 12.4. The van der Waals surface area contributed by atoms with Gasteiger partial charge in [-0.1, -0.05) is 41.9 Å². The second-order valence-corrected chi connectivity index (χ2v) is 7.04. The van der Waals surface area contributed by atoms with Crippen LogP contribution in [0.25, 0.3) is 0 Å². The molecule has 8 heteroatoms. The number of benzene rings is 1. The SMILES string of the molecule is O=C(COC(=O)CCC(=O)c1ccc(Cl)s1)NC(=O)Cc1ccccc1. The molecular weight excluding hydrogens is 378 g/mol. The molecular formula is C18H16ClNO5S. The molecule has 26 heavy (non-hydrogen) atoms. The predicted octanol–water partition coefficient (Wildman–Crippen LogP) is 2.79. The Morgan fingerprint density at radius 1 is 0.962 bits per heavy atom. The van der Waals surface area contributed by atoms with Gasteiger partial charge in [-0.05, 0) is 17.7 Å². The Kier molecular flexibility index (Phi) is 7.50. The normalized spacial score (nSPS) is 10.2. The number of carbonyl (C=O) groups is 4. The summed E-state index contributed by atoms with van der Waals surface area (Å²) in [7, 11) is 0. The number of nitrogens with one attached hydrogen (secondary N) is 1. The molecule has 2 rings (SSSR count). The van der Waals surface area contributed by atoms with Crippen LogP contribution in [0.3, 0.4) is 0 Å². The van der Waals surface area contributed by atoms with Crippen molar-refractivity contribution in [3.63, 3.8) is 0 Å². The number of hydrogen-bond donors (Lipinski definition) is 1. The van der Waals surface area contributed by atoms with E-state index in [0.717, 1.165) is 16.9 Å². The Morgan fingerprint density at radius 3 is 2.35 bits per heavy atom. The lowest BCUT2D eigenvalue weighted by Crippen LogP contribution is -2.35. The van der Waals surface area contributed by atoms with Crippen LogP contribution in [0.2, 0.25) is 4.34 Å². The lowest BCUT2D eigenvalue weighted by Gasteiger charge is -2.06. The van der Waals surface area contributed by atoms with Gasteiger partial charge in [0.2, 0.25) is 5.91 Å². The number of carbonyl (C=O) groups excluding carboxylic acids is 4. The molecule has 2 aromatic rings. The molecule has 0 unspecified atom stereocenters. The maximum atomic E-state index is 11.8. The summed E-state index contributed by atoms with van der Waals surface area (Å²) in [4.78, 5) is 47.2. The monoisotopic (exact) mass is 393 g/mol. The molecule has 1 aromatic heterocycles. The van der Waals surface area contributed by atoms with Gasteiger partial charge in [0.25, 0.3) is 5.91 Å². The zero-order valence-electron chi connectivity index (χ0n) is 13.7. The van der Waals surface area contributed by atoms with E-state index in [2.05, 4.69) is 5.32 Å². The first-order valence-electron chi connectivity index (χ1n) is 7.75. The van der Waals surface area contributed by atoms with Crippen LogP contribution in [-0.2, 0) is 25.5 Å². The summed E-state index contributed by atoms with van der Waals surface area (Å²) < 4.78 is 5.26. The van der Waals surface area contributed by atoms with Gasteiger partial charge in [0.15, 0.2) is 12.4 Å². The van der Waals surface area contributed by atoms with Crippen molar-refractivity contribution < 1.29 is 23.9 Å². The zero-order valence-corrected chi connectivity index (χ0v) is 15.3. The third-order valence-electron chi connectivity index (χ3n) is 3.25. The number of ether oxygens (including phenoxy) is 1. The molecule has 6 nitrogen and oxygen atoms in total. The number of Topliss-reactive ketones (excluding diaryl/α,β-unsaturated/α-hetero) is 1. The number of thiophene rings is 1. The molecule has 0 saturated heterocycles. The lowest BCUT2D eigenvalue weighted by molar-refractivity contribution is -0.149. The number of esters is 1. The van der Waals surface area contributed by atoms with Gasteiger partial charge in [-0.25, -0.2) is 0 Å². The Hall–Kier alpha value is -2.51. The van der Waals surface area contributed by atoms with E-state index >= 15 is 0 Å². The Bertz CT molecular complexity index is 803. The molecule has 2 amide bonds. The summed E-state index contributed by atoms with van der Waals surface area (Å²) in [5, 5.41) is 2.14. The highest BCUT2D eigenvalue weighted by atomic mass is 35.5. The third-order valence-corrected chi connectivity index (χ3v) is 4.53. The van der Waals surface area contributed by atoms with Crippen molar-refractivity contribution in [2.75, 3.05) is 6.61 Å². The van der Waals surface area contributed by atoms with Crippen LogP contribution in [0, 0.1) is 0 Å². The van der Waals surface area contributed by atoms with E-state index in [1.165, 1.54) is 0 Å². The van der Waals surface area contributed by atoms with E-state index in [1.807, 2.05) is 6.07 Å². The minimum absolute atomic E-state index is 0.0375. The van der Waals surface area contributed by atoms with E-state index in [1.54, 1.807) is 36.4 Å². The van der Waals surface area contributed by atoms with Crippen LogP contribution in [0.1, 0.15) is 28.1 Å². The number of hydrogen-bond acceptors (Lipinski definition) is 6. The molecule has 0 aliphatic carbocycles. The molecule has 0 saturated carbocycles. The number of imide groups is 1. The van der Waals surface area contributed by atoms with Crippen molar-refractivity contribution in [2.45, 2.75) is 19.3 Å². The van der Waals surface area contributed by atoms with Gasteiger partial charge in [-0.2, -0.15) is 0 Å². The third kappa shape index (κ3) is 6.78. The molecule has 0 fully saturated rings. The largest absolute Gasteiger partial charge is 0.456 e. The van der Waals surface area contributed by atoms with Crippen LogP contribution < -0.4 is 5.32 Å². The number of halogens is 1. The molecule has 136 valence electrons. The molecule has 1 heterocycles. The fourth-order valence-electron chi connectivity index (χ4n) is 2.04. The summed E-state index contributed by atoms with van der Waals surface area (Å²) in [6, 6.07) is 12.1. The number of rotatable bonds is 8. The van der Waals surface area contributed by atoms with Crippen molar-refractivity contribution in [1.29, 1.82) is 0 Å².